The van der Waals surface area contributed by atoms with E-state index in [1.807, 2.05) is 6.92 Å². The van der Waals surface area contributed by atoms with Gasteiger partial charge < -0.3 is 10.4 Å². The molecule has 1 aliphatic rings. The van der Waals surface area contributed by atoms with Gasteiger partial charge in [0.05, 0.1) is 6.54 Å². The molecule has 3 heteroatoms. The van der Waals surface area contributed by atoms with Crippen LogP contribution in [0.15, 0.2) is 17.0 Å². The molecule has 0 bridgehead atoms. The van der Waals surface area contributed by atoms with Crippen LogP contribution in [-0.2, 0) is 0 Å². The molecular formula is C5H8N2O. The van der Waals surface area contributed by atoms with E-state index in [0.29, 0.717) is 6.54 Å². The fourth-order valence-corrected chi connectivity index (χ4v) is 0.545. The third-order valence-electron chi connectivity index (χ3n) is 0.922. The van der Waals surface area contributed by atoms with Crippen LogP contribution >= 0.6 is 0 Å². The highest BCUT2D eigenvalue weighted by atomic mass is 16.3. The lowest BCUT2D eigenvalue weighted by atomic mass is 10.5. The second kappa shape index (κ2) is 1.86. The van der Waals surface area contributed by atoms with Crippen molar-refractivity contribution in [2.45, 2.75) is 6.92 Å². The van der Waals surface area contributed by atoms with Crippen LogP contribution in [0, 0.1) is 0 Å². The Labute approximate surface area is 47.7 Å². The quantitative estimate of drug-likeness (QED) is 0.476. The number of hydrogen-bond acceptors (Lipinski definition) is 3. The standard InChI is InChI=1S/C5H8N2O/c1-4-6-3-2-5(8)7-4/h2,8H,3H2,1H3,(H,6,7). The molecule has 0 radical (unpaired) electrons. The van der Waals surface area contributed by atoms with Gasteiger partial charge in [0.2, 0.25) is 0 Å². The third kappa shape index (κ3) is 0.992. The van der Waals surface area contributed by atoms with Crippen molar-refractivity contribution in [3.05, 3.63) is 12.0 Å². The molecule has 0 amide bonds. The van der Waals surface area contributed by atoms with Crippen LogP contribution in [0.5, 0.6) is 0 Å². The Kier molecular flexibility index (Phi) is 1.20. The summed E-state index contributed by atoms with van der Waals surface area (Å²) in [5.41, 5.74) is 0. The summed E-state index contributed by atoms with van der Waals surface area (Å²) in [5, 5.41) is 11.4. The van der Waals surface area contributed by atoms with E-state index in [4.69, 9.17) is 5.11 Å². The van der Waals surface area contributed by atoms with Crippen molar-refractivity contribution in [1.29, 1.82) is 0 Å². The van der Waals surface area contributed by atoms with E-state index >= 15 is 0 Å². The zero-order valence-electron chi connectivity index (χ0n) is 4.68. The average Bonchev–Trinajstić information content (AvgIpc) is 1.64. The maximum atomic E-state index is 8.75. The maximum Gasteiger partial charge on any atom is 0.187 e. The van der Waals surface area contributed by atoms with E-state index in [1.54, 1.807) is 6.08 Å². The monoisotopic (exact) mass is 112 g/mol. The van der Waals surface area contributed by atoms with Crippen LogP contribution < -0.4 is 5.32 Å². The Bertz CT molecular complexity index is 133. The molecule has 3 nitrogen and oxygen atoms in total. The molecule has 0 saturated carbocycles. The number of amidine groups is 1. The second-order valence-electron chi connectivity index (χ2n) is 1.64. The molecule has 0 atom stereocenters. The lowest BCUT2D eigenvalue weighted by molar-refractivity contribution is 0.383. The van der Waals surface area contributed by atoms with Crippen molar-refractivity contribution in [3.8, 4) is 0 Å². The van der Waals surface area contributed by atoms with Crippen molar-refractivity contribution >= 4 is 5.84 Å². The first-order valence-electron chi connectivity index (χ1n) is 2.46. The minimum Gasteiger partial charge on any atom is -0.495 e. The van der Waals surface area contributed by atoms with Crippen molar-refractivity contribution in [2.75, 3.05) is 6.54 Å². The van der Waals surface area contributed by atoms with Crippen molar-refractivity contribution in [2.24, 2.45) is 4.99 Å². The van der Waals surface area contributed by atoms with Gasteiger partial charge in [0.25, 0.3) is 0 Å². The van der Waals surface area contributed by atoms with E-state index in [-0.39, 0.29) is 5.88 Å². The summed E-state index contributed by atoms with van der Waals surface area (Å²) in [4.78, 5) is 3.95. The summed E-state index contributed by atoms with van der Waals surface area (Å²) in [6.45, 7) is 2.40. The average molecular weight is 112 g/mol. The van der Waals surface area contributed by atoms with E-state index < -0.39 is 0 Å². The molecule has 1 heterocycles. The number of rotatable bonds is 0. The van der Waals surface area contributed by atoms with E-state index in [0.717, 1.165) is 5.84 Å². The molecule has 0 spiro atoms. The number of aliphatic hydroxyl groups excluding tert-OH is 1. The summed E-state index contributed by atoms with van der Waals surface area (Å²) in [6.07, 6.45) is 1.62. The molecule has 0 saturated heterocycles. The summed E-state index contributed by atoms with van der Waals surface area (Å²) >= 11 is 0. The summed E-state index contributed by atoms with van der Waals surface area (Å²) in [5.74, 6) is 0.975. The van der Waals surface area contributed by atoms with Crippen molar-refractivity contribution in [3.63, 3.8) is 0 Å². The highest BCUT2D eigenvalue weighted by molar-refractivity contribution is 5.81. The van der Waals surface area contributed by atoms with Crippen LogP contribution in [0.3, 0.4) is 0 Å². The first-order valence-corrected chi connectivity index (χ1v) is 2.46. The van der Waals surface area contributed by atoms with Gasteiger partial charge in [-0.1, -0.05) is 0 Å². The van der Waals surface area contributed by atoms with Crippen LogP contribution in [0.1, 0.15) is 6.92 Å². The number of nitrogens with one attached hydrogen (secondary N) is 1. The molecule has 1 aliphatic heterocycles. The first-order chi connectivity index (χ1) is 3.79. The van der Waals surface area contributed by atoms with Crippen LogP contribution in [-0.4, -0.2) is 17.5 Å². The topological polar surface area (TPSA) is 44.6 Å². The molecule has 1 rings (SSSR count). The highest BCUT2D eigenvalue weighted by Gasteiger charge is 1.97. The van der Waals surface area contributed by atoms with Gasteiger partial charge >= 0.3 is 0 Å². The second-order valence-corrected chi connectivity index (χ2v) is 1.64. The van der Waals surface area contributed by atoms with Gasteiger partial charge in [-0.2, -0.15) is 0 Å². The summed E-state index contributed by atoms with van der Waals surface area (Å²) < 4.78 is 0. The lowest BCUT2D eigenvalue weighted by Gasteiger charge is -2.07. The lowest BCUT2D eigenvalue weighted by Crippen LogP contribution is -2.22. The van der Waals surface area contributed by atoms with Gasteiger partial charge in [0.15, 0.2) is 5.88 Å². The van der Waals surface area contributed by atoms with Gasteiger partial charge in [0.1, 0.15) is 5.84 Å². The summed E-state index contributed by atoms with van der Waals surface area (Å²) in [7, 11) is 0. The predicted octanol–water partition coefficient (Wildman–Crippen LogP) is 0.407. The molecule has 8 heavy (non-hydrogen) atoms. The minimum atomic E-state index is 0.206. The van der Waals surface area contributed by atoms with Gasteiger partial charge in [0, 0.05) is 0 Å². The molecule has 0 aromatic heterocycles. The molecule has 0 aromatic carbocycles. The Balaban J connectivity index is 2.57. The Morgan fingerprint density at radius 3 is 3.00 bits per heavy atom. The fraction of sp³-hybridized carbons (Fsp3) is 0.400. The molecule has 0 aromatic rings. The number of hydrogen-bond donors (Lipinski definition) is 2. The third-order valence-corrected chi connectivity index (χ3v) is 0.922. The predicted molar refractivity (Wildman–Crippen MR) is 31.8 cm³/mol. The summed E-state index contributed by atoms with van der Waals surface area (Å²) in [6, 6.07) is 0. The van der Waals surface area contributed by atoms with Gasteiger partial charge in [-0.15, -0.1) is 0 Å². The Morgan fingerprint density at radius 1 is 1.88 bits per heavy atom. The van der Waals surface area contributed by atoms with Crippen LogP contribution in [0.4, 0.5) is 0 Å². The largest absolute Gasteiger partial charge is 0.495 e. The molecule has 0 aliphatic carbocycles. The Hall–Kier alpha value is -0.990. The SMILES string of the molecule is CC1=NCC=C(O)N1. The first kappa shape index (κ1) is 5.15. The van der Waals surface area contributed by atoms with Gasteiger partial charge in [-0.3, -0.25) is 4.99 Å². The minimum absolute atomic E-state index is 0.206. The molecular weight excluding hydrogens is 104 g/mol. The zero-order valence-corrected chi connectivity index (χ0v) is 4.68. The van der Waals surface area contributed by atoms with Crippen LogP contribution in [0.2, 0.25) is 0 Å². The van der Waals surface area contributed by atoms with Crippen molar-refractivity contribution in [1.82, 2.24) is 5.32 Å². The smallest absolute Gasteiger partial charge is 0.187 e. The van der Waals surface area contributed by atoms with E-state index in [9.17, 15) is 0 Å². The van der Waals surface area contributed by atoms with E-state index in [2.05, 4.69) is 10.3 Å². The normalized spacial score (nSPS) is 18.6. The molecule has 0 fully saturated rings. The van der Waals surface area contributed by atoms with Gasteiger partial charge in [-0.05, 0) is 13.0 Å². The Morgan fingerprint density at radius 2 is 2.62 bits per heavy atom. The number of aliphatic imine (C=N–C) groups is 1. The molecule has 2 N–H and O–H groups in total. The number of nitrogens with zero attached hydrogens (tertiary/aromatic N) is 1. The van der Waals surface area contributed by atoms with Crippen molar-refractivity contribution < 1.29 is 5.11 Å². The maximum absolute atomic E-state index is 8.75. The van der Waals surface area contributed by atoms with E-state index in [1.165, 1.54) is 0 Å². The highest BCUT2D eigenvalue weighted by Crippen LogP contribution is 1.90. The fourth-order valence-electron chi connectivity index (χ4n) is 0.545. The van der Waals surface area contributed by atoms with Gasteiger partial charge in [-0.25, -0.2) is 0 Å². The molecule has 44 valence electrons. The number of aliphatic hydroxyl groups is 1. The zero-order chi connectivity index (χ0) is 5.98. The van der Waals surface area contributed by atoms with Crippen LogP contribution in [0.25, 0.3) is 0 Å². The molecule has 0 unspecified atom stereocenters.